The zero-order valence-corrected chi connectivity index (χ0v) is 12.5. The number of carbonyl (C=O) groups excluding carboxylic acids is 2. The van der Waals surface area contributed by atoms with Gasteiger partial charge < -0.3 is 20.5 Å². The van der Waals surface area contributed by atoms with Gasteiger partial charge in [-0.3, -0.25) is 9.59 Å². The Morgan fingerprint density at radius 2 is 2.10 bits per heavy atom. The Kier molecular flexibility index (Phi) is 6.17. The molecule has 0 aromatic heterocycles. The highest BCUT2D eigenvalue weighted by molar-refractivity contribution is 8.01. The number of ether oxygens (including phenoxy) is 2. The largest absolute Gasteiger partial charge is 0.494 e. The minimum atomic E-state index is -0.392. The number of nitrogens with one attached hydrogen (secondary N) is 1. The summed E-state index contributed by atoms with van der Waals surface area (Å²) in [5.41, 5.74) is 6.73. The maximum atomic E-state index is 12.0. The first kappa shape index (κ1) is 16.2. The van der Waals surface area contributed by atoms with Crippen LogP contribution in [0.15, 0.2) is 18.2 Å². The quantitative estimate of drug-likeness (QED) is 0.611. The van der Waals surface area contributed by atoms with Crippen LogP contribution in [-0.2, 0) is 14.3 Å². The lowest BCUT2D eigenvalue weighted by Crippen LogP contribution is -2.24. The van der Waals surface area contributed by atoms with E-state index in [2.05, 4.69) is 10.1 Å². The van der Waals surface area contributed by atoms with Crippen molar-refractivity contribution in [2.75, 3.05) is 31.0 Å². The summed E-state index contributed by atoms with van der Waals surface area (Å²) < 4.78 is 9.67. The van der Waals surface area contributed by atoms with Crippen LogP contribution >= 0.6 is 11.8 Å². The van der Waals surface area contributed by atoms with Gasteiger partial charge in [0.1, 0.15) is 5.75 Å². The summed E-state index contributed by atoms with van der Waals surface area (Å²) in [6, 6.07) is 4.97. The maximum Gasteiger partial charge on any atom is 0.315 e. The van der Waals surface area contributed by atoms with Crippen molar-refractivity contribution in [2.45, 2.75) is 12.2 Å². The van der Waals surface area contributed by atoms with E-state index in [1.54, 1.807) is 25.1 Å². The second kappa shape index (κ2) is 7.64. The van der Waals surface area contributed by atoms with Crippen LogP contribution in [0.2, 0.25) is 0 Å². The Bertz CT molecular complexity index is 493. The molecule has 20 heavy (non-hydrogen) atoms. The molecule has 3 N–H and O–H groups in total. The molecule has 6 nitrogen and oxygen atoms in total. The van der Waals surface area contributed by atoms with Crippen LogP contribution in [0.25, 0.3) is 0 Å². The zero-order valence-electron chi connectivity index (χ0n) is 11.6. The number of esters is 1. The number of thioether (sulfide) groups is 1. The molecule has 1 aromatic rings. The van der Waals surface area contributed by atoms with E-state index < -0.39 is 5.25 Å². The molecule has 0 bridgehead atoms. The van der Waals surface area contributed by atoms with Crippen molar-refractivity contribution in [3.8, 4) is 5.75 Å². The number of anilines is 2. The number of hydrogen-bond acceptors (Lipinski definition) is 6. The van der Waals surface area contributed by atoms with Gasteiger partial charge in [-0.25, -0.2) is 0 Å². The normalized spacial score (nSPS) is 11.6. The number of rotatable bonds is 6. The summed E-state index contributed by atoms with van der Waals surface area (Å²) in [5.74, 6) is 0.0365. The molecule has 0 radical (unpaired) electrons. The third-order valence-electron chi connectivity index (χ3n) is 2.53. The molecule has 1 aromatic carbocycles. The fraction of sp³-hybridized carbons (Fsp3) is 0.385. The molecule has 0 spiro atoms. The molecule has 0 saturated carbocycles. The number of nitrogens with two attached hydrogens (primary N) is 1. The first-order valence-corrected chi connectivity index (χ1v) is 6.95. The molecule has 0 aliphatic carbocycles. The van der Waals surface area contributed by atoms with E-state index in [-0.39, 0.29) is 17.6 Å². The van der Waals surface area contributed by atoms with Gasteiger partial charge >= 0.3 is 5.97 Å². The van der Waals surface area contributed by atoms with E-state index in [4.69, 9.17) is 10.5 Å². The van der Waals surface area contributed by atoms with Crippen LogP contribution in [-0.4, -0.2) is 37.1 Å². The number of amides is 1. The van der Waals surface area contributed by atoms with Crippen molar-refractivity contribution in [1.29, 1.82) is 0 Å². The highest BCUT2D eigenvalue weighted by Crippen LogP contribution is 2.27. The standard InChI is InChI=1S/C13H18N2O4S/c1-8(20-7-12(16)19-3)13(17)15-10-5-4-9(14)6-11(10)18-2/h4-6,8H,7,14H2,1-3H3,(H,15,17). The van der Waals surface area contributed by atoms with Crippen LogP contribution in [0.1, 0.15) is 6.92 Å². The van der Waals surface area contributed by atoms with Crippen molar-refractivity contribution in [1.82, 2.24) is 0 Å². The van der Waals surface area contributed by atoms with E-state index in [0.29, 0.717) is 17.1 Å². The third kappa shape index (κ3) is 4.65. The summed E-state index contributed by atoms with van der Waals surface area (Å²) in [6.45, 7) is 1.71. The van der Waals surface area contributed by atoms with Gasteiger partial charge in [-0.15, -0.1) is 11.8 Å². The van der Waals surface area contributed by atoms with Crippen LogP contribution in [0.5, 0.6) is 5.75 Å². The summed E-state index contributed by atoms with van der Waals surface area (Å²) in [4.78, 5) is 23.0. The van der Waals surface area contributed by atoms with Gasteiger partial charge in [-0.1, -0.05) is 0 Å². The van der Waals surface area contributed by atoms with Crippen molar-refractivity contribution >= 4 is 35.0 Å². The van der Waals surface area contributed by atoms with Crippen molar-refractivity contribution in [3.05, 3.63) is 18.2 Å². The highest BCUT2D eigenvalue weighted by Gasteiger charge is 2.17. The molecule has 0 aliphatic heterocycles. The number of benzene rings is 1. The van der Waals surface area contributed by atoms with Gasteiger partial charge in [0.25, 0.3) is 0 Å². The molecule has 110 valence electrons. The molecule has 0 fully saturated rings. The Morgan fingerprint density at radius 3 is 2.70 bits per heavy atom. The van der Waals surface area contributed by atoms with Gasteiger partial charge in [0, 0.05) is 11.8 Å². The lowest BCUT2D eigenvalue weighted by Gasteiger charge is -2.14. The summed E-state index contributed by atoms with van der Waals surface area (Å²) in [6.07, 6.45) is 0. The summed E-state index contributed by atoms with van der Waals surface area (Å²) in [5, 5.41) is 2.35. The number of hydrogen-bond donors (Lipinski definition) is 2. The molecule has 0 heterocycles. The molecule has 1 rings (SSSR count). The lowest BCUT2D eigenvalue weighted by atomic mass is 10.2. The van der Waals surface area contributed by atoms with Crippen LogP contribution in [0, 0.1) is 0 Å². The Morgan fingerprint density at radius 1 is 1.40 bits per heavy atom. The van der Waals surface area contributed by atoms with E-state index in [9.17, 15) is 9.59 Å². The Balaban J connectivity index is 2.63. The van der Waals surface area contributed by atoms with Gasteiger partial charge in [-0.05, 0) is 19.1 Å². The molecular formula is C13H18N2O4S. The summed E-state index contributed by atoms with van der Waals surface area (Å²) in [7, 11) is 2.81. The molecular weight excluding hydrogens is 280 g/mol. The molecule has 1 atom stereocenters. The first-order valence-electron chi connectivity index (χ1n) is 5.90. The van der Waals surface area contributed by atoms with Crippen molar-refractivity contribution in [3.63, 3.8) is 0 Å². The molecule has 1 unspecified atom stereocenters. The Labute approximate surface area is 122 Å². The minimum Gasteiger partial charge on any atom is -0.494 e. The maximum absolute atomic E-state index is 12.0. The zero-order chi connectivity index (χ0) is 15.1. The number of carbonyl (C=O) groups is 2. The predicted octanol–water partition coefficient (Wildman–Crippen LogP) is 1.51. The average Bonchev–Trinajstić information content (AvgIpc) is 2.45. The molecule has 7 heteroatoms. The lowest BCUT2D eigenvalue weighted by molar-refractivity contribution is -0.137. The van der Waals surface area contributed by atoms with E-state index in [1.807, 2.05) is 0 Å². The topological polar surface area (TPSA) is 90.7 Å². The van der Waals surface area contributed by atoms with Gasteiger partial charge in [-0.2, -0.15) is 0 Å². The fourth-order valence-corrected chi connectivity index (χ4v) is 2.09. The third-order valence-corrected chi connectivity index (χ3v) is 3.65. The Hall–Kier alpha value is -1.89. The highest BCUT2D eigenvalue weighted by atomic mass is 32.2. The second-order valence-corrected chi connectivity index (χ2v) is 5.31. The molecule has 1 amide bonds. The molecule has 0 saturated heterocycles. The van der Waals surface area contributed by atoms with Crippen molar-refractivity contribution < 1.29 is 19.1 Å². The van der Waals surface area contributed by atoms with Crippen LogP contribution in [0.3, 0.4) is 0 Å². The van der Waals surface area contributed by atoms with E-state index in [1.165, 1.54) is 26.0 Å². The first-order chi connectivity index (χ1) is 9.47. The molecule has 0 aliphatic rings. The van der Waals surface area contributed by atoms with E-state index in [0.717, 1.165) is 0 Å². The fourth-order valence-electron chi connectivity index (χ4n) is 1.37. The monoisotopic (exact) mass is 298 g/mol. The van der Waals surface area contributed by atoms with Gasteiger partial charge in [0.05, 0.1) is 30.9 Å². The SMILES string of the molecule is COC(=O)CSC(C)C(=O)Nc1ccc(N)cc1OC. The van der Waals surface area contributed by atoms with Crippen LogP contribution in [0.4, 0.5) is 11.4 Å². The van der Waals surface area contributed by atoms with Crippen LogP contribution < -0.4 is 15.8 Å². The summed E-state index contributed by atoms with van der Waals surface area (Å²) >= 11 is 1.20. The smallest absolute Gasteiger partial charge is 0.315 e. The van der Waals surface area contributed by atoms with Crippen molar-refractivity contribution in [2.24, 2.45) is 0 Å². The van der Waals surface area contributed by atoms with Gasteiger partial charge in [0.15, 0.2) is 0 Å². The second-order valence-electron chi connectivity index (χ2n) is 3.98. The predicted molar refractivity (Wildman–Crippen MR) is 80.0 cm³/mol. The van der Waals surface area contributed by atoms with Gasteiger partial charge in [0.2, 0.25) is 5.91 Å². The number of nitrogen functional groups attached to an aromatic ring is 1. The average molecular weight is 298 g/mol. The number of methoxy groups -OCH3 is 2. The minimum absolute atomic E-state index is 0.129. The van der Waals surface area contributed by atoms with E-state index >= 15 is 0 Å².